The number of fused-ring (bicyclic) bond motifs is 3. The number of carbonyl (C=O) groups is 2. The molecule has 7 nitrogen and oxygen atoms in total. The number of carboxylic acids is 1. The summed E-state index contributed by atoms with van der Waals surface area (Å²) in [5.41, 5.74) is 3.97. The van der Waals surface area contributed by atoms with Gasteiger partial charge in [0, 0.05) is 5.92 Å². The summed E-state index contributed by atoms with van der Waals surface area (Å²) < 4.78 is 5.64. The summed E-state index contributed by atoms with van der Waals surface area (Å²) in [4.78, 5) is 30.8. The normalized spacial score (nSPS) is 16.3. The third-order valence-corrected chi connectivity index (χ3v) is 6.15. The number of hydrogen-bond acceptors (Lipinski definition) is 4. The number of aromatic amines is 1. The monoisotopic (exact) mass is 403 g/mol. The number of imidazole rings is 1. The lowest BCUT2D eigenvalue weighted by Crippen LogP contribution is -2.51. The third kappa shape index (κ3) is 2.94. The molecule has 1 aromatic heterocycles. The van der Waals surface area contributed by atoms with Crippen LogP contribution in [0.15, 0.2) is 54.7 Å². The third-order valence-electron chi connectivity index (χ3n) is 6.15. The van der Waals surface area contributed by atoms with E-state index in [2.05, 4.69) is 39.6 Å². The molecule has 0 radical (unpaired) electrons. The van der Waals surface area contributed by atoms with Crippen molar-refractivity contribution in [3.63, 3.8) is 0 Å². The van der Waals surface area contributed by atoms with Gasteiger partial charge in [-0.2, -0.15) is 0 Å². The molecule has 2 aromatic carbocycles. The molecule has 0 atom stereocenters. The number of carboxylic acid groups (broad SMARTS) is 1. The van der Waals surface area contributed by atoms with Gasteiger partial charge in [0.25, 0.3) is 0 Å². The zero-order chi connectivity index (χ0) is 20.7. The maximum Gasteiger partial charge on any atom is 0.407 e. The number of aromatic carboxylic acids is 1. The van der Waals surface area contributed by atoms with Gasteiger partial charge < -0.3 is 20.1 Å². The largest absolute Gasteiger partial charge is 0.477 e. The molecule has 30 heavy (non-hydrogen) atoms. The van der Waals surface area contributed by atoms with Crippen LogP contribution in [-0.4, -0.2) is 33.7 Å². The van der Waals surface area contributed by atoms with Crippen molar-refractivity contribution in [2.45, 2.75) is 30.7 Å². The van der Waals surface area contributed by atoms with Gasteiger partial charge in [-0.25, -0.2) is 14.6 Å². The van der Waals surface area contributed by atoms with Crippen LogP contribution in [0.3, 0.4) is 0 Å². The van der Waals surface area contributed by atoms with E-state index in [1.165, 1.54) is 17.3 Å². The molecule has 0 unspecified atom stereocenters. The van der Waals surface area contributed by atoms with E-state index < -0.39 is 17.6 Å². The number of hydrogen-bond donors (Lipinski definition) is 3. The number of nitrogens with one attached hydrogen (secondary N) is 2. The molecular formula is C23H21N3O4. The lowest BCUT2D eigenvalue weighted by molar-refractivity contribution is 0.0690. The Bertz CT molecular complexity index is 1090. The Morgan fingerprint density at radius 2 is 1.73 bits per heavy atom. The van der Waals surface area contributed by atoms with Gasteiger partial charge in [-0.3, -0.25) is 0 Å². The Morgan fingerprint density at radius 3 is 2.27 bits per heavy atom. The first kappa shape index (κ1) is 18.4. The summed E-state index contributed by atoms with van der Waals surface area (Å²) >= 11 is 0. The standard InChI is InChI=1S/C23H21N3O4/c27-20(28)19-12-24-21(25-19)23(10-5-11-23)26-22(29)30-13-18-16-8-3-1-6-14(16)15-7-2-4-9-17(15)18/h1-4,6-9,12,18H,5,10-11,13H2,(H,24,25)(H,26,29)(H,27,28). The highest BCUT2D eigenvalue weighted by Crippen LogP contribution is 2.45. The SMILES string of the molecule is O=C(NC1(c2ncc(C(=O)O)[nH]2)CCC1)OCC1c2ccccc2-c2ccccc21. The number of ether oxygens (including phenoxy) is 1. The molecule has 1 heterocycles. The Hall–Kier alpha value is -3.61. The predicted molar refractivity (Wildman–Crippen MR) is 109 cm³/mol. The molecule has 2 aliphatic rings. The fourth-order valence-electron chi connectivity index (χ4n) is 4.45. The predicted octanol–water partition coefficient (Wildman–Crippen LogP) is 4.03. The molecule has 7 heteroatoms. The summed E-state index contributed by atoms with van der Waals surface area (Å²) in [5, 5.41) is 12.0. The minimum Gasteiger partial charge on any atom is -0.477 e. The molecule has 2 aliphatic carbocycles. The first-order chi connectivity index (χ1) is 14.6. The minimum atomic E-state index is -1.08. The zero-order valence-corrected chi connectivity index (χ0v) is 16.2. The second-order valence-corrected chi connectivity index (χ2v) is 7.84. The van der Waals surface area contributed by atoms with Gasteiger partial charge in [0.15, 0.2) is 0 Å². The fraction of sp³-hybridized carbons (Fsp3) is 0.261. The minimum absolute atomic E-state index is 0.00520. The van der Waals surface area contributed by atoms with Crippen molar-refractivity contribution < 1.29 is 19.4 Å². The molecule has 1 amide bonds. The molecule has 1 saturated carbocycles. The van der Waals surface area contributed by atoms with Crippen molar-refractivity contribution >= 4 is 12.1 Å². The lowest BCUT2D eigenvalue weighted by atomic mass is 9.76. The quantitative estimate of drug-likeness (QED) is 0.597. The number of H-pyrrole nitrogens is 1. The highest BCUT2D eigenvalue weighted by atomic mass is 16.5. The molecule has 0 aliphatic heterocycles. The number of amides is 1. The Kier molecular flexibility index (Phi) is 4.31. The van der Waals surface area contributed by atoms with Gasteiger partial charge in [0.1, 0.15) is 23.7 Å². The second-order valence-electron chi connectivity index (χ2n) is 7.84. The average Bonchev–Trinajstić information content (AvgIpc) is 3.33. The molecule has 3 N–H and O–H groups in total. The van der Waals surface area contributed by atoms with E-state index in [9.17, 15) is 9.59 Å². The van der Waals surface area contributed by atoms with Gasteiger partial charge in [-0.15, -0.1) is 0 Å². The van der Waals surface area contributed by atoms with Gasteiger partial charge in [-0.1, -0.05) is 48.5 Å². The number of alkyl carbamates (subject to hydrolysis) is 1. The number of benzene rings is 2. The van der Waals surface area contributed by atoms with Gasteiger partial charge in [0.2, 0.25) is 0 Å². The van der Waals surface area contributed by atoms with Crippen LogP contribution in [0.1, 0.15) is 52.6 Å². The van der Waals surface area contributed by atoms with E-state index in [0.717, 1.165) is 17.5 Å². The number of aromatic nitrogens is 2. The van der Waals surface area contributed by atoms with Gasteiger partial charge in [0.05, 0.1) is 6.20 Å². The van der Waals surface area contributed by atoms with Gasteiger partial charge >= 0.3 is 12.1 Å². The first-order valence-electron chi connectivity index (χ1n) is 9.99. The maximum atomic E-state index is 12.7. The van der Waals surface area contributed by atoms with Crippen LogP contribution in [0.25, 0.3) is 11.1 Å². The number of rotatable bonds is 5. The van der Waals surface area contributed by atoms with E-state index in [-0.39, 0.29) is 18.2 Å². The van der Waals surface area contributed by atoms with Crippen LogP contribution in [-0.2, 0) is 10.3 Å². The molecule has 3 aromatic rings. The molecule has 0 bridgehead atoms. The number of carbonyl (C=O) groups excluding carboxylic acids is 1. The van der Waals surface area contributed by atoms with E-state index in [4.69, 9.17) is 9.84 Å². The summed E-state index contributed by atoms with van der Waals surface area (Å²) in [5.74, 6) is -0.633. The van der Waals surface area contributed by atoms with Crippen molar-refractivity contribution in [1.82, 2.24) is 15.3 Å². The van der Waals surface area contributed by atoms with Crippen molar-refractivity contribution in [3.8, 4) is 11.1 Å². The maximum absolute atomic E-state index is 12.7. The molecule has 5 rings (SSSR count). The zero-order valence-electron chi connectivity index (χ0n) is 16.2. The molecule has 1 fully saturated rings. The highest BCUT2D eigenvalue weighted by Gasteiger charge is 2.43. The van der Waals surface area contributed by atoms with Crippen LogP contribution in [0.5, 0.6) is 0 Å². The average molecular weight is 403 g/mol. The van der Waals surface area contributed by atoms with Crippen LogP contribution in [0, 0.1) is 0 Å². The van der Waals surface area contributed by atoms with Crippen LogP contribution < -0.4 is 5.32 Å². The fourth-order valence-corrected chi connectivity index (χ4v) is 4.45. The molecular weight excluding hydrogens is 382 g/mol. The van der Waals surface area contributed by atoms with E-state index in [1.807, 2.05) is 24.3 Å². The summed E-state index contributed by atoms with van der Waals surface area (Å²) in [6.07, 6.45) is 3.04. The highest BCUT2D eigenvalue weighted by molar-refractivity contribution is 5.85. The first-order valence-corrected chi connectivity index (χ1v) is 9.99. The Labute approximate surface area is 173 Å². The summed E-state index contributed by atoms with van der Waals surface area (Å²) in [6, 6.07) is 16.4. The van der Waals surface area contributed by atoms with Crippen LogP contribution >= 0.6 is 0 Å². The number of nitrogens with zero attached hydrogens (tertiary/aromatic N) is 1. The summed E-state index contributed by atoms with van der Waals surface area (Å²) in [6.45, 7) is 0.231. The van der Waals surface area contributed by atoms with Gasteiger partial charge in [-0.05, 0) is 41.5 Å². The van der Waals surface area contributed by atoms with E-state index >= 15 is 0 Å². The molecule has 152 valence electrons. The van der Waals surface area contributed by atoms with Crippen molar-refractivity contribution in [1.29, 1.82) is 0 Å². The van der Waals surface area contributed by atoms with E-state index in [0.29, 0.717) is 18.7 Å². The van der Waals surface area contributed by atoms with Crippen LogP contribution in [0.4, 0.5) is 4.79 Å². The molecule has 0 saturated heterocycles. The van der Waals surface area contributed by atoms with Crippen molar-refractivity contribution in [3.05, 3.63) is 77.4 Å². The smallest absolute Gasteiger partial charge is 0.407 e. The topological polar surface area (TPSA) is 104 Å². The van der Waals surface area contributed by atoms with Crippen molar-refractivity contribution in [2.24, 2.45) is 0 Å². The van der Waals surface area contributed by atoms with Crippen molar-refractivity contribution in [2.75, 3.05) is 6.61 Å². The Morgan fingerprint density at radius 1 is 1.10 bits per heavy atom. The molecule has 0 spiro atoms. The van der Waals surface area contributed by atoms with E-state index in [1.54, 1.807) is 0 Å². The van der Waals surface area contributed by atoms with Crippen LogP contribution in [0.2, 0.25) is 0 Å². The Balaban J connectivity index is 1.31. The second kappa shape index (κ2) is 7.02. The summed E-state index contributed by atoms with van der Waals surface area (Å²) in [7, 11) is 0. The lowest BCUT2D eigenvalue weighted by Gasteiger charge is -2.40.